The van der Waals surface area contributed by atoms with Crippen molar-refractivity contribution in [1.29, 1.82) is 0 Å². The molecule has 0 amide bonds. The zero-order valence-electron chi connectivity index (χ0n) is 8.07. The SMILES string of the molecule is Cc1cnc(CNc2nc(Br)cs2)cn1. The average Bonchev–Trinajstić information content (AvgIpc) is 2.64. The number of nitrogens with zero attached hydrogens (tertiary/aromatic N) is 3. The third kappa shape index (κ3) is 2.97. The topological polar surface area (TPSA) is 50.7 Å². The van der Waals surface area contributed by atoms with Gasteiger partial charge in [-0.1, -0.05) is 0 Å². The van der Waals surface area contributed by atoms with Crippen molar-refractivity contribution in [2.75, 3.05) is 5.32 Å². The Labute approximate surface area is 99.9 Å². The fourth-order valence-corrected chi connectivity index (χ4v) is 2.16. The van der Waals surface area contributed by atoms with E-state index in [0.29, 0.717) is 6.54 Å². The molecule has 0 saturated carbocycles. The van der Waals surface area contributed by atoms with Gasteiger partial charge in [-0.05, 0) is 22.9 Å². The fraction of sp³-hybridized carbons (Fsp3) is 0.222. The summed E-state index contributed by atoms with van der Waals surface area (Å²) in [4.78, 5) is 12.6. The molecule has 0 fully saturated rings. The van der Waals surface area contributed by atoms with Gasteiger partial charge >= 0.3 is 0 Å². The van der Waals surface area contributed by atoms with E-state index in [4.69, 9.17) is 0 Å². The Morgan fingerprint density at radius 3 is 2.87 bits per heavy atom. The molecular weight excluding hydrogens is 276 g/mol. The van der Waals surface area contributed by atoms with Crippen molar-refractivity contribution >= 4 is 32.4 Å². The second-order valence-corrected chi connectivity index (χ2v) is 4.65. The Balaban J connectivity index is 1.96. The number of thiazole rings is 1. The van der Waals surface area contributed by atoms with Crippen LogP contribution in [0.1, 0.15) is 11.4 Å². The molecule has 2 rings (SSSR count). The summed E-state index contributed by atoms with van der Waals surface area (Å²) in [6.07, 6.45) is 3.53. The summed E-state index contributed by atoms with van der Waals surface area (Å²) in [6, 6.07) is 0. The third-order valence-electron chi connectivity index (χ3n) is 1.73. The first-order valence-electron chi connectivity index (χ1n) is 4.36. The molecule has 0 bridgehead atoms. The molecule has 6 heteroatoms. The van der Waals surface area contributed by atoms with Crippen molar-refractivity contribution in [3.8, 4) is 0 Å². The van der Waals surface area contributed by atoms with Crippen LogP contribution >= 0.6 is 27.3 Å². The van der Waals surface area contributed by atoms with Gasteiger partial charge in [0.05, 0.1) is 24.1 Å². The number of aryl methyl sites for hydroxylation is 1. The van der Waals surface area contributed by atoms with Gasteiger partial charge in [-0.15, -0.1) is 11.3 Å². The standard InChI is InChI=1S/C9H9BrN4S/c1-6-2-12-7(3-11-6)4-13-9-14-8(10)5-15-9/h2-3,5H,4H2,1H3,(H,13,14). The van der Waals surface area contributed by atoms with Crippen LogP contribution in [0, 0.1) is 6.92 Å². The highest BCUT2D eigenvalue weighted by molar-refractivity contribution is 9.10. The van der Waals surface area contributed by atoms with Gasteiger partial charge in [-0.3, -0.25) is 9.97 Å². The van der Waals surface area contributed by atoms with E-state index in [1.54, 1.807) is 23.7 Å². The van der Waals surface area contributed by atoms with Gasteiger partial charge in [0.1, 0.15) is 4.60 Å². The molecule has 1 N–H and O–H groups in total. The van der Waals surface area contributed by atoms with Crippen LogP contribution in [0.3, 0.4) is 0 Å². The summed E-state index contributed by atoms with van der Waals surface area (Å²) in [5.41, 5.74) is 1.84. The van der Waals surface area contributed by atoms with Crippen LogP contribution in [0.5, 0.6) is 0 Å². The van der Waals surface area contributed by atoms with E-state index in [-0.39, 0.29) is 0 Å². The quantitative estimate of drug-likeness (QED) is 0.941. The van der Waals surface area contributed by atoms with Gasteiger partial charge in [0.2, 0.25) is 0 Å². The van der Waals surface area contributed by atoms with E-state index < -0.39 is 0 Å². The van der Waals surface area contributed by atoms with Crippen molar-refractivity contribution in [3.63, 3.8) is 0 Å². The highest BCUT2D eigenvalue weighted by atomic mass is 79.9. The Morgan fingerprint density at radius 1 is 1.40 bits per heavy atom. The smallest absolute Gasteiger partial charge is 0.184 e. The van der Waals surface area contributed by atoms with E-state index in [1.807, 2.05) is 12.3 Å². The summed E-state index contributed by atoms with van der Waals surface area (Å²) >= 11 is 4.85. The van der Waals surface area contributed by atoms with E-state index in [9.17, 15) is 0 Å². The van der Waals surface area contributed by atoms with Gasteiger partial charge in [-0.2, -0.15) is 0 Å². The van der Waals surface area contributed by atoms with E-state index in [2.05, 4.69) is 36.2 Å². The third-order valence-corrected chi connectivity index (χ3v) is 3.24. The van der Waals surface area contributed by atoms with Crippen molar-refractivity contribution in [3.05, 3.63) is 33.8 Å². The lowest BCUT2D eigenvalue weighted by molar-refractivity contribution is 0.981. The fourth-order valence-electron chi connectivity index (χ4n) is 1.01. The van der Waals surface area contributed by atoms with Crippen molar-refractivity contribution in [2.45, 2.75) is 13.5 Å². The van der Waals surface area contributed by atoms with Crippen LogP contribution < -0.4 is 5.32 Å². The van der Waals surface area contributed by atoms with Gasteiger partial charge in [0.15, 0.2) is 5.13 Å². The van der Waals surface area contributed by atoms with E-state index >= 15 is 0 Å². The Bertz CT molecular complexity index is 440. The largest absolute Gasteiger partial charge is 0.356 e. The van der Waals surface area contributed by atoms with Gasteiger partial charge < -0.3 is 5.32 Å². The Morgan fingerprint density at radius 2 is 2.27 bits per heavy atom. The predicted molar refractivity (Wildman–Crippen MR) is 63.9 cm³/mol. The van der Waals surface area contributed by atoms with Crippen molar-refractivity contribution in [2.24, 2.45) is 0 Å². The lowest BCUT2D eigenvalue weighted by Crippen LogP contribution is -2.02. The molecule has 15 heavy (non-hydrogen) atoms. The van der Waals surface area contributed by atoms with Crippen LogP contribution in [0.15, 0.2) is 22.4 Å². The lowest BCUT2D eigenvalue weighted by atomic mass is 10.4. The zero-order chi connectivity index (χ0) is 10.7. The molecule has 2 heterocycles. The molecule has 4 nitrogen and oxygen atoms in total. The van der Waals surface area contributed by atoms with Gasteiger partial charge in [0.25, 0.3) is 0 Å². The first-order chi connectivity index (χ1) is 7.24. The van der Waals surface area contributed by atoms with E-state index in [1.165, 1.54) is 0 Å². The maximum absolute atomic E-state index is 4.24. The van der Waals surface area contributed by atoms with Gasteiger partial charge in [-0.25, -0.2) is 4.98 Å². The number of hydrogen-bond acceptors (Lipinski definition) is 5. The van der Waals surface area contributed by atoms with Crippen molar-refractivity contribution < 1.29 is 0 Å². The summed E-state index contributed by atoms with van der Waals surface area (Å²) in [6.45, 7) is 2.56. The Kier molecular flexibility index (Phi) is 3.27. The Hall–Kier alpha value is -1.01. The van der Waals surface area contributed by atoms with Crippen LogP contribution in [-0.2, 0) is 6.54 Å². The average molecular weight is 285 g/mol. The zero-order valence-corrected chi connectivity index (χ0v) is 10.5. The minimum atomic E-state index is 0.646. The number of anilines is 1. The maximum atomic E-state index is 4.24. The normalized spacial score (nSPS) is 10.3. The monoisotopic (exact) mass is 284 g/mol. The van der Waals surface area contributed by atoms with Crippen molar-refractivity contribution in [1.82, 2.24) is 15.0 Å². The number of nitrogens with one attached hydrogen (secondary N) is 1. The molecule has 0 atom stereocenters. The molecule has 0 unspecified atom stereocenters. The van der Waals surface area contributed by atoms with E-state index in [0.717, 1.165) is 21.1 Å². The lowest BCUT2D eigenvalue weighted by Gasteiger charge is -2.01. The molecule has 0 spiro atoms. The molecule has 78 valence electrons. The minimum Gasteiger partial charge on any atom is -0.356 e. The van der Waals surface area contributed by atoms with Crippen LogP contribution in [-0.4, -0.2) is 15.0 Å². The van der Waals surface area contributed by atoms with Crippen LogP contribution in [0.4, 0.5) is 5.13 Å². The first-order valence-corrected chi connectivity index (χ1v) is 6.04. The second kappa shape index (κ2) is 4.67. The minimum absolute atomic E-state index is 0.646. The molecule has 0 aromatic carbocycles. The summed E-state index contributed by atoms with van der Waals surface area (Å²) in [5.74, 6) is 0. The second-order valence-electron chi connectivity index (χ2n) is 2.98. The number of rotatable bonds is 3. The number of hydrogen-bond donors (Lipinski definition) is 1. The molecule has 0 radical (unpaired) electrons. The molecular formula is C9H9BrN4S. The summed E-state index contributed by atoms with van der Waals surface area (Å²) in [5, 5.41) is 5.99. The molecule has 0 saturated heterocycles. The summed E-state index contributed by atoms with van der Waals surface area (Å²) < 4.78 is 0.852. The summed E-state index contributed by atoms with van der Waals surface area (Å²) in [7, 11) is 0. The maximum Gasteiger partial charge on any atom is 0.184 e. The molecule has 2 aromatic rings. The number of halogens is 1. The van der Waals surface area contributed by atoms with Gasteiger partial charge in [0, 0.05) is 11.6 Å². The molecule has 0 aliphatic heterocycles. The number of aromatic nitrogens is 3. The molecule has 2 aromatic heterocycles. The highest BCUT2D eigenvalue weighted by Gasteiger charge is 1.99. The highest BCUT2D eigenvalue weighted by Crippen LogP contribution is 2.19. The first kappa shape index (κ1) is 10.5. The molecule has 0 aliphatic carbocycles. The van der Waals surface area contributed by atoms with Crippen LogP contribution in [0.2, 0.25) is 0 Å². The molecule has 0 aliphatic rings. The predicted octanol–water partition coefficient (Wildman–Crippen LogP) is 2.62. The van der Waals surface area contributed by atoms with Crippen LogP contribution in [0.25, 0.3) is 0 Å².